The molecule has 2 aromatic rings. The van der Waals surface area contributed by atoms with E-state index in [1.165, 1.54) is 25.3 Å². The van der Waals surface area contributed by atoms with Crippen molar-refractivity contribution in [2.75, 3.05) is 20.8 Å². The van der Waals surface area contributed by atoms with Crippen molar-refractivity contribution < 1.29 is 22.7 Å². The van der Waals surface area contributed by atoms with Gasteiger partial charge >= 0.3 is 0 Å². The Kier molecular flexibility index (Phi) is 7.20. The van der Waals surface area contributed by atoms with Gasteiger partial charge in [0.25, 0.3) is 5.91 Å². The van der Waals surface area contributed by atoms with Gasteiger partial charge in [0.05, 0.1) is 14.2 Å². The third-order valence-corrected chi connectivity index (χ3v) is 5.37. The normalized spacial score (nSPS) is 11.1. The van der Waals surface area contributed by atoms with Crippen LogP contribution in [0, 0.1) is 0 Å². The molecule has 0 aromatic heterocycles. The summed E-state index contributed by atoms with van der Waals surface area (Å²) in [5, 5.41) is 2.77. The number of amides is 1. The van der Waals surface area contributed by atoms with Crippen LogP contribution in [-0.2, 0) is 16.6 Å². The molecule has 27 heavy (non-hydrogen) atoms. The maximum absolute atomic E-state index is 12.5. The summed E-state index contributed by atoms with van der Waals surface area (Å²) in [5.41, 5.74) is 1.04. The average molecular weight is 392 g/mol. The van der Waals surface area contributed by atoms with E-state index < -0.39 is 15.9 Å². The van der Waals surface area contributed by atoms with Crippen LogP contribution in [0.3, 0.4) is 0 Å². The number of nitrogens with one attached hydrogen (secondary N) is 2. The SMILES string of the molecule is CCCNS(=O)(=O)c1cc(C(=O)NCc2ccccc2OC)ccc1OC. The first-order chi connectivity index (χ1) is 12.9. The Balaban J connectivity index is 2.23. The van der Waals surface area contributed by atoms with Crippen molar-refractivity contribution in [1.82, 2.24) is 10.0 Å². The molecule has 0 radical (unpaired) electrons. The summed E-state index contributed by atoms with van der Waals surface area (Å²) in [6.07, 6.45) is 0.653. The minimum atomic E-state index is -3.77. The highest BCUT2D eigenvalue weighted by Crippen LogP contribution is 2.25. The lowest BCUT2D eigenvalue weighted by atomic mass is 10.1. The smallest absolute Gasteiger partial charge is 0.251 e. The van der Waals surface area contributed by atoms with E-state index >= 15 is 0 Å². The molecule has 0 atom stereocenters. The molecule has 0 fully saturated rings. The van der Waals surface area contributed by atoms with Crippen LogP contribution in [0.2, 0.25) is 0 Å². The van der Waals surface area contributed by atoms with Crippen molar-refractivity contribution in [3.63, 3.8) is 0 Å². The topological polar surface area (TPSA) is 93.7 Å². The van der Waals surface area contributed by atoms with Crippen molar-refractivity contribution in [2.45, 2.75) is 24.8 Å². The van der Waals surface area contributed by atoms with Crippen molar-refractivity contribution in [3.05, 3.63) is 53.6 Å². The predicted octanol–water partition coefficient (Wildman–Crippen LogP) is 2.32. The third-order valence-electron chi connectivity index (χ3n) is 3.89. The Morgan fingerprint density at radius 2 is 1.74 bits per heavy atom. The first-order valence-electron chi connectivity index (χ1n) is 8.50. The Labute approximate surface area is 159 Å². The molecule has 7 nitrogen and oxygen atoms in total. The second-order valence-corrected chi connectivity index (χ2v) is 7.49. The lowest BCUT2D eigenvalue weighted by Gasteiger charge is -2.13. The van der Waals surface area contributed by atoms with E-state index in [4.69, 9.17) is 9.47 Å². The van der Waals surface area contributed by atoms with Crippen LogP contribution in [0.25, 0.3) is 0 Å². The Morgan fingerprint density at radius 3 is 2.41 bits per heavy atom. The lowest BCUT2D eigenvalue weighted by molar-refractivity contribution is 0.0950. The van der Waals surface area contributed by atoms with Crippen LogP contribution in [0.1, 0.15) is 29.3 Å². The maximum atomic E-state index is 12.5. The summed E-state index contributed by atoms with van der Waals surface area (Å²) in [6, 6.07) is 11.6. The minimum Gasteiger partial charge on any atom is -0.496 e. The Hall–Kier alpha value is -2.58. The van der Waals surface area contributed by atoms with Gasteiger partial charge in [0.15, 0.2) is 0 Å². The first kappa shape index (κ1) is 20.7. The number of rotatable bonds is 9. The summed E-state index contributed by atoms with van der Waals surface area (Å²) < 4.78 is 37.8. The number of carbonyl (C=O) groups is 1. The van der Waals surface area contributed by atoms with E-state index in [1.807, 2.05) is 25.1 Å². The number of methoxy groups -OCH3 is 2. The Bertz CT molecular complexity index is 897. The van der Waals surface area contributed by atoms with Crippen LogP contribution in [0.15, 0.2) is 47.4 Å². The standard InChI is InChI=1S/C19H24N2O5S/c1-4-11-21-27(23,24)18-12-14(9-10-17(18)26-3)19(22)20-13-15-7-5-6-8-16(15)25-2/h5-10,12,21H,4,11,13H2,1-3H3,(H,20,22). The summed E-state index contributed by atoms with van der Waals surface area (Å²) in [7, 11) is -0.829. The highest BCUT2D eigenvalue weighted by atomic mass is 32.2. The van der Waals surface area contributed by atoms with Gasteiger partial charge in [0, 0.05) is 24.2 Å². The van der Waals surface area contributed by atoms with Crippen LogP contribution < -0.4 is 19.5 Å². The predicted molar refractivity (Wildman–Crippen MR) is 103 cm³/mol. The van der Waals surface area contributed by atoms with Crippen molar-refractivity contribution in [3.8, 4) is 11.5 Å². The molecular weight excluding hydrogens is 368 g/mol. The van der Waals surface area contributed by atoms with Gasteiger partial charge in [-0.2, -0.15) is 0 Å². The molecule has 8 heteroatoms. The van der Waals surface area contributed by atoms with Gasteiger partial charge in [0.2, 0.25) is 10.0 Å². The van der Waals surface area contributed by atoms with Crippen molar-refractivity contribution in [1.29, 1.82) is 0 Å². The van der Waals surface area contributed by atoms with Crippen molar-refractivity contribution >= 4 is 15.9 Å². The second-order valence-electron chi connectivity index (χ2n) is 5.76. The summed E-state index contributed by atoms with van der Waals surface area (Å²) >= 11 is 0. The van der Waals surface area contributed by atoms with E-state index in [0.717, 1.165) is 5.56 Å². The quantitative estimate of drug-likeness (QED) is 0.683. The number of ether oxygens (including phenoxy) is 2. The molecule has 146 valence electrons. The zero-order valence-corrected chi connectivity index (χ0v) is 16.4. The largest absolute Gasteiger partial charge is 0.496 e. The van der Waals surface area contributed by atoms with E-state index in [9.17, 15) is 13.2 Å². The fourth-order valence-electron chi connectivity index (χ4n) is 2.47. The van der Waals surface area contributed by atoms with Gasteiger partial charge in [-0.3, -0.25) is 4.79 Å². The fourth-order valence-corrected chi connectivity index (χ4v) is 3.80. The molecule has 2 N–H and O–H groups in total. The molecule has 0 saturated heterocycles. The van der Waals surface area contributed by atoms with E-state index in [1.54, 1.807) is 13.2 Å². The highest BCUT2D eigenvalue weighted by Gasteiger charge is 2.21. The molecule has 0 saturated carbocycles. The summed E-state index contributed by atoms with van der Waals surface area (Å²) in [5.74, 6) is 0.454. The molecule has 0 aliphatic rings. The Morgan fingerprint density at radius 1 is 1.04 bits per heavy atom. The van der Waals surface area contributed by atoms with Crippen molar-refractivity contribution in [2.24, 2.45) is 0 Å². The molecule has 0 aliphatic carbocycles. The molecule has 0 unspecified atom stereocenters. The van der Waals surface area contributed by atoms with Gasteiger partial charge in [-0.05, 0) is 30.7 Å². The van der Waals surface area contributed by atoms with Gasteiger partial charge < -0.3 is 14.8 Å². The molecule has 0 spiro atoms. The van der Waals surface area contributed by atoms with Gasteiger partial charge in [-0.15, -0.1) is 0 Å². The lowest BCUT2D eigenvalue weighted by Crippen LogP contribution is -2.26. The zero-order chi connectivity index (χ0) is 19.9. The molecule has 0 heterocycles. The number of hydrogen-bond acceptors (Lipinski definition) is 5. The second kappa shape index (κ2) is 9.38. The molecule has 2 aromatic carbocycles. The number of para-hydroxylation sites is 1. The zero-order valence-electron chi connectivity index (χ0n) is 15.6. The van der Waals surface area contributed by atoms with E-state index in [0.29, 0.717) is 18.7 Å². The number of hydrogen-bond donors (Lipinski definition) is 2. The summed E-state index contributed by atoms with van der Waals surface area (Å²) in [6.45, 7) is 2.42. The third kappa shape index (κ3) is 5.21. The van der Waals surface area contributed by atoms with Gasteiger partial charge in [-0.1, -0.05) is 25.1 Å². The fraction of sp³-hybridized carbons (Fsp3) is 0.316. The van der Waals surface area contributed by atoms with Crippen LogP contribution >= 0.6 is 0 Å². The van der Waals surface area contributed by atoms with Crippen LogP contribution in [-0.4, -0.2) is 35.1 Å². The minimum absolute atomic E-state index is 0.0663. The monoisotopic (exact) mass is 392 g/mol. The van der Waals surface area contributed by atoms with Gasteiger partial charge in [0.1, 0.15) is 16.4 Å². The number of sulfonamides is 1. The summed E-state index contributed by atoms with van der Waals surface area (Å²) in [4.78, 5) is 12.4. The molecule has 1 amide bonds. The van der Waals surface area contributed by atoms with Crippen LogP contribution in [0.5, 0.6) is 11.5 Å². The molecule has 2 rings (SSSR count). The molecular formula is C19H24N2O5S. The number of carbonyl (C=O) groups excluding carboxylic acids is 1. The van der Waals surface area contributed by atoms with E-state index in [-0.39, 0.29) is 22.8 Å². The van der Waals surface area contributed by atoms with Crippen LogP contribution in [0.4, 0.5) is 0 Å². The first-order valence-corrected chi connectivity index (χ1v) is 9.99. The average Bonchev–Trinajstić information content (AvgIpc) is 2.70. The molecule has 0 bridgehead atoms. The highest BCUT2D eigenvalue weighted by molar-refractivity contribution is 7.89. The molecule has 0 aliphatic heterocycles. The number of benzene rings is 2. The van der Waals surface area contributed by atoms with E-state index in [2.05, 4.69) is 10.0 Å². The maximum Gasteiger partial charge on any atom is 0.251 e. The van der Waals surface area contributed by atoms with Gasteiger partial charge in [-0.25, -0.2) is 13.1 Å².